The van der Waals surface area contributed by atoms with Crippen LogP contribution in [0.15, 0.2) is 36.6 Å². The van der Waals surface area contributed by atoms with E-state index in [4.69, 9.17) is 1.41 Å². The molecule has 0 atom stereocenters. The molecular formula is H3N9. The molecule has 48 valence electrons. The zero-order valence-electron chi connectivity index (χ0n) is 5.16. The third-order valence-corrected chi connectivity index (χ3v) is 0.252. The third-order valence-electron chi connectivity index (χ3n) is 0.252. The summed E-state index contributed by atoms with van der Waals surface area (Å²) in [5.41, 5.74) is 2.49. The number of rotatable bonds is 3. The van der Waals surface area contributed by atoms with Crippen molar-refractivity contribution in [2.45, 2.75) is 0 Å². The van der Waals surface area contributed by atoms with E-state index in [1.165, 1.54) is 0 Å². The molecule has 0 aromatic carbocycles. The van der Waals surface area contributed by atoms with E-state index in [1.807, 2.05) is 0 Å². The Bertz CT molecular complexity index is 142. The predicted octanol–water partition coefficient (Wildman–Crippen LogP) is 0.993. The smallest absolute Gasteiger partial charge is 0.216 e. The molecule has 0 aromatic heterocycles. The highest BCUT2D eigenvalue weighted by Crippen LogP contribution is 1.80. The zero-order valence-corrected chi connectivity index (χ0v) is 4.16. The van der Waals surface area contributed by atoms with Gasteiger partial charge in [-0.3, -0.25) is 0 Å². The maximum atomic E-state index is 6.09. The molecule has 9 nitrogen and oxygen atoms in total. The lowest BCUT2D eigenvalue weighted by atomic mass is 12.4. The lowest BCUT2D eigenvalue weighted by Crippen LogP contribution is -1.70. The van der Waals surface area contributed by atoms with Crippen LogP contribution in [0, 0.1) is 5.52 Å². The number of hydrogen-bond acceptors (Lipinski definition) is 2. The number of nitrogens with zero attached hydrogens (tertiary/aromatic N) is 7. The van der Waals surface area contributed by atoms with Crippen molar-refractivity contribution in [3.63, 3.8) is 0 Å². The van der Waals surface area contributed by atoms with E-state index < -0.39 is 0 Å². The van der Waals surface area contributed by atoms with Crippen LogP contribution in [0.3, 0.4) is 0 Å². The molecule has 0 bridgehead atoms. The Morgan fingerprint density at radius 1 is 1.11 bits per heavy atom. The number of nitrogens with one attached hydrogen (secondary N) is 1. The van der Waals surface area contributed by atoms with Gasteiger partial charge in [-0.25, -0.2) is 0 Å². The Balaban J connectivity index is 3.51. The maximum Gasteiger partial charge on any atom is 0.216 e. The lowest BCUT2D eigenvalue weighted by molar-refractivity contribution is 0.780. The van der Waals surface area contributed by atoms with Gasteiger partial charge in [0.05, 0.1) is 0 Å². The van der Waals surface area contributed by atoms with Crippen molar-refractivity contribution < 1.29 is 1.41 Å². The van der Waals surface area contributed by atoms with Gasteiger partial charge in [0.15, 0.2) is 0 Å². The highest BCUT2D eigenvalue weighted by Gasteiger charge is 1.62. The summed E-state index contributed by atoms with van der Waals surface area (Å²) in [6.07, 6.45) is 0. The second kappa shape index (κ2) is 6.20. The minimum Gasteiger partial charge on any atom is -0.303 e. The Hall–Kier alpha value is -1.80. The van der Waals surface area contributed by atoms with Crippen molar-refractivity contribution >= 4 is 0 Å². The molecule has 0 heterocycles. The molecule has 0 radical (unpaired) electrons. The van der Waals surface area contributed by atoms with E-state index in [2.05, 4.69) is 47.9 Å². The summed E-state index contributed by atoms with van der Waals surface area (Å²) < 4.78 is 6.09. The summed E-state index contributed by atoms with van der Waals surface area (Å²) in [5.74, 6) is 4.53. The molecule has 0 spiro atoms. The van der Waals surface area contributed by atoms with E-state index in [1.54, 1.807) is 0 Å². The van der Waals surface area contributed by atoms with Gasteiger partial charge in [0.1, 0.15) is 0 Å². The summed E-state index contributed by atoms with van der Waals surface area (Å²) in [4.78, 5) is 0. The predicted molar refractivity (Wildman–Crippen MR) is 23.9 cm³/mol. The first-order chi connectivity index (χ1) is 4.91. The Morgan fingerprint density at radius 2 is 1.78 bits per heavy atom. The van der Waals surface area contributed by atoms with Crippen molar-refractivity contribution in [2.24, 2.45) is 42.4 Å². The molecular weight excluding hydrogens is 126 g/mol. The van der Waals surface area contributed by atoms with Crippen LogP contribution < -0.4 is 5.84 Å². The van der Waals surface area contributed by atoms with Gasteiger partial charge >= 0.3 is 0 Å². The average Bonchev–Trinajstić information content (AvgIpc) is 1.97. The van der Waals surface area contributed by atoms with Crippen LogP contribution in [0.5, 0.6) is 0 Å². The van der Waals surface area contributed by atoms with Gasteiger partial charge in [-0.05, 0) is 31.3 Å². The molecule has 0 aliphatic heterocycles. The average molecular weight is 130 g/mol. The minimum atomic E-state index is 2.49. The standard InChI is InChI=1S/H3N9/c1-3-5-7-9-8-6-4-2/h(H3,1,2,5,6,9)/i/hD. The van der Waals surface area contributed by atoms with Crippen molar-refractivity contribution in [1.82, 2.24) is 0 Å². The van der Waals surface area contributed by atoms with Gasteiger partial charge in [-0.15, -0.1) is 0 Å². The Kier molecular flexibility index (Phi) is 3.68. The van der Waals surface area contributed by atoms with Gasteiger partial charge in [0.25, 0.3) is 0 Å². The fraction of sp³-hybridized carbons (Fsp3) is 0. The van der Waals surface area contributed by atoms with Gasteiger partial charge < -0.3 is 5.84 Å². The minimum absolute atomic E-state index is 2.49. The fourth-order valence-electron chi connectivity index (χ4n) is 0.0946. The highest BCUT2D eigenvalue weighted by atomic mass is 15.6. The molecule has 0 saturated heterocycles. The van der Waals surface area contributed by atoms with Gasteiger partial charge in [0, 0.05) is 0 Å². The summed E-state index contributed by atoms with van der Waals surface area (Å²) in [6.45, 7) is 0. The molecule has 0 aliphatic carbocycles. The molecule has 0 unspecified atom stereocenters. The molecule has 0 aliphatic rings. The number of hydrogen-bond donors (Lipinski definition) is 2. The van der Waals surface area contributed by atoms with E-state index >= 15 is 0 Å². The van der Waals surface area contributed by atoms with Crippen molar-refractivity contribution in [3.8, 4) is 0 Å². The summed E-state index contributed by atoms with van der Waals surface area (Å²) >= 11 is 0. The van der Waals surface area contributed by atoms with E-state index in [-0.39, 0.29) is 0 Å². The molecule has 9 heavy (non-hydrogen) atoms. The molecule has 0 rings (SSSR count). The fourth-order valence-corrected chi connectivity index (χ4v) is 0.0946. The van der Waals surface area contributed by atoms with E-state index in [9.17, 15) is 0 Å². The van der Waals surface area contributed by atoms with Gasteiger partial charge in [-0.1, -0.05) is 5.22 Å². The van der Waals surface area contributed by atoms with Crippen LogP contribution in [0.25, 0.3) is 0 Å². The first kappa shape index (κ1) is 5.34. The van der Waals surface area contributed by atoms with Crippen molar-refractivity contribution in [1.29, 1.82) is 5.52 Å². The van der Waals surface area contributed by atoms with Crippen molar-refractivity contribution in [3.05, 3.63) is 0 Å². The summed E-state index contributed by atoms with van der Waals surface area (Å²) in [6, 6.07) is 0. The van der Waals surface area contributed by atoms with E-state index in [0.29, 0.717) is 0 Å². The Labute approximate surface area is 50.6 Å². The Morgan fingerprint density at radius 3 is 2.44 bits per heavy atom. The molecule has 0 amide bonds. The van der Waals surface area contributed by atoms with Gasteiger partial charge in [-0.2, -0.15) is 5.52 Å². The molecule has 3 N–H and O–H groups in total. The first-order valence-corrected chi connectivity index (χ1v) is 1.66. The molecule has 0 aromatic rings. The van der Waals surface area contributed by atoms with Crippen LogP contribution >= 0.6 is 0 Å². The zero-order chi connectivity index (χ0) is 7.66. The molecule has 0 saturated carbocycles. The van der Waals surface area contributed by atoms with Crippen LogP contribution in [-0.2, 0) is 0 Å². The quantitative estimate of drug-likeness (QED) is 0.328. The SMILES string of the molecule is [2H]N=N/N=N/N=N/N=N/N. The third kappa shape index (κ3) is 6.20. The first-order valence-electron chi connectivity index (χ1n) is 2.11. The molecule has 0 fully saturated rings. The van der Waals surface area contributed by atoms with Crippen LogP contribution in [0.4, 0.5) is 0 Å². The van der Waals surface area contributed by atoms with Crippen LogP contribution in [-0.4, -0.2) is 0 Å². The lowest BCUT2D eigenvalue weighted by Gasteiger charge is -1.65. The van der Waals surface area contributed by atoms with Gasteiger partial charge in [0.2, 0.25) is 1.41 Å². The maximum absolute atomic E-state index is 6.09. The molecule has 9 heteroatoms. The highest BCUT2D eigenvalue weighted by molar-refractivity contribution is 4.05. The monoisotopic (exact) mass is 130 g/mol. The second-order valence-electron chi connectivity index (χ2n) is 0.652. The van der Waals surface area contributed by atoms with Crippen LogP contribution in [0.2, 0.25) is 1.41 Å². The topological polar surface area (TPSA) is 136 Å². The summed E-state index contributed by atoms with van der Waals surface area (Å²) in [7, 11) is 0. The number of nitrogens with two attached hydrogens (primary N) is 1. The normalized spacial score (nSPS) is 14.9. The van der Waals surface area contributed by atoms with Crippen molar-refractivity contribution in [2.75, 3.05) is 0 Å². The van der Waals surface area contributed by atoms with E-state index in [0.717, 1.165) is 0 Å². The van der Waals surface area contributed by atoms with Crippen LogP contribution in [0.1, 0.15) is 0 Å². The second-order valence-corrected chi connectivity index (χ2v) is 0.652. The largest absolute Gasteiger partial charge is 0.303 e. The summed E-state index contributed by atoms with van der Waals surface area (Å²) in [5, 5.41) is 19.9.